The first-order valence-corrected chi connectivity index (χ1v) is 6.58. The Morgan fingerprint density at radius 1 is 1.31 bits per heavy atom. The van der Waals surface area contributed by atoms with Crippen molar-refractivity contribution < 1.29 is 17.5 Å². The van der Waals surface area contributed by atoms with Gasteiger partial charge in [-0.3, -0.25) is 0 Å². The number of benzene rings is 1. The van der Waals surface area contributed by atoms with Crippen molar-refractivity contribution in [2.24, 2.45) is 0 Å². The van der Waals surface area contributed by atoms with Gasteiger partial charge in [0.05, 0.1) is 4.90 Å². The first kappa shape index (κ1) is 11.5. The smallest absolute Gasteiger partial charge is 0.207 e. The van der Waals surface area contributed by atoms with Crippen LogP contribution in [0.5, 0.6) is 0 Å². The molecule has 2 rings (SSSR count). The summed E-state index contributed by atoms with van der Waals surface area (Å²) in [6.07, 6.45) is 1.21. The maximum absolute atomic E-state index is 12.7. The van der Waals surface area contributed by atoms with E-state index in [1.54, 1.807) is 6.92 Å². The topological polar surface area (TPSA) is 43.4 Å². The van der Waals surface area contributed by atoms with E-state index >= 15 is 0 Å². The van der Waals surface area contributed by atoms with Gasteiger partial charge in [-0.15, -0.1) is 0 Å². The number of sulfone groups is 1. The maximum atomic E-state index is 12.7. The molecule has 5 heteroatoms. The molecule has 0 saturated carbocycles. The fourth-order valence-electron chi connectivity index (χ4n) is 1.83. The number of rotatable bonds is 2. The Balaban J connectivity index is 2.42. The number of ether oxygens (including phenoxy) is 1. The van der Waals surface area contributed by atoms with Gasteiger partial charge in [-0.1, -0.05) is 0 Å². The SMILES string of the molecule is CC1(S(=O)(=O)c2ccc(F)cc2)CCCO1. The normalized spacial score (nSPS) is 25.9. The van der Waals surface area contributed by atoms with Crippen LogP contribution in [0.25, 0.3) is 0 Å². The largest absolute Gasteiger partial charge is 0.359 e. The van der Waals surface area contributed by atoms with E-state index in [0.717, 1.165) is 18.6 Å². The molecule has 0 spiro atoms. The van der Waals surface area contributed by atoms with Gasteiger partial charge >= 0.3 is 0 Å². The highest BCUT2D eigenvalue weighted by atomic mass is 32.2. The summed E-state index contributed by atoms with van der Waals surface area (Å²) in [5.41, 5.74) is 0. The van der Waals surface area contributed by atoms with E-state index in [9.17, 15) is 12.8 Å². The molecule has 16 heavy (non-hydrogen) atoms. The third kappa shape index (κ3) is 1.74. The Hall–Kier alpha value is -0.940. The third-order valence-corrected chi connectivity index (χ3v) is 5.23. The monoisotopic (exact) mass is 244 g/mol. The maximum Gasteiger partial charge on any atom is 0.207 e. The van der Waals surface area contributed by atoms with Crippen molar-refractivity contribution in [2.75, 3.05) is 6.61 Å². The lowest BCUT2D eigenvalue weighted by Crippen LogP contribution is -2.34. The number of halogens is 1. The van der Waals surface area contributed by atoms with E-state index in [4.69, 9.17) is 4.74 Å². The average molecular weight is 244 g/mol. The second-order valence-corrected chi connectivity index (χ2v) is 6.39. The van der Waals surface area contributed by atoms with E-state index in [1.807, 2.05) is 0 Å². The fourth-order valence-corrected chi connectivity index (χ4v) is 3.47. The zero-order valence-corrected chi connectivity index (χ0v) is 9.76. The summed E-state index contributed by atoms with van der Waals surface area (Å²) in [6.45, 7) is 2.02. The van der Waals surface area contributed by atoms with Gasteiger partial charge in [0.25, 0.3) is 0 Å². The summed E-state index contributed by atoms with van der Waals surface area (Å²) >= 11 is 0. The van der Waals surface area contributed by atoms with Crippen LogP contribution in [-0.4, -0.2) is 20.0 Å². The van der Waals surface area contributed by atoms with Crippen LogP contribution in [0, 0.1) is 5.82 Å². The number of hydrogen-bond donors (Lipinski definition) is 0. The molecule has 1 aliphatic rings. The van der Waals surface area contributed by atoms with Crippen molar-refractivity contribution in [3.63, 3.8) is 0 Å². The average Bonchev–Trinajstić information content (AvgIpc) is 2.67. The first-order chi connectivity index (χ1) is 7.46. The van der Waals surface area contributed by atoms with E-state index in [1.165, 1.54) is 12.1 Å². The Morgan fingerprint density at radius 3 is 2.44 bits per heavy atom. The summed E-state index contributed by atoms with van der Waals surface area (Å²) in [6, 6.07) is 4.84. The lowest BCUT2D eigenvalue weighted by molar-refractivity contribution is 0.0875. The molecule has 1 heterocycles. The summed E-state index contributed by atoms with van der Waals surface area (Å²) in [7, 11) is -3.54. The van der Waals surface area contributed by atoms with Crippen LogP contribution < -0.4 is 0 Å². The second-order valence-electron chi connectivity index (χ2n) is 4.04. The van der Waals surface area contributed by atoms with Crippen molar-refractivity contribution in [3.05, 3.63) is 30.1 Å². The van der Waals surface area contributed by atoms with Crippen LogP contribution in [-0.2, 0) is 14.6 Å². The van der Waals surface area contributed by atoms with E-state index in [2.05, 4.69) is 0 Å². The first-order valence-electron chi connectivity index (χ1n) is 5.10. The van der Waals surface area contributed by atoms with Gasteiger partial charge in [0.1, 0.15) is 5.82 Å². The lowest BCUT2D eigenvalue weighted by atomic mass is 10.3. The van der Waals surface area contributed by atoms with Gasteiger partial charge in [0.15, 0.2) is 4.93 Å². The third-order valence-electron chi connectivity index (χ3n) is 2.88. The number of hydrogen-bond acceptors (Lipinski definition) is 3. The molecule has 1 atom stereocenters. The van der Waals surface area contributed by atoms with Crippen molar-refractivity contribution in [2.45, 2.75) is 29.6 Å². The molecule has 1 unspecified atom stereocenters. The fraction of sp³-hybridized carbons (Fsp3) is 0.455. The van der Waals surface area contributed by atoms with Gasteiger partial charge in [-0.25, -0.2) is 12.8 Å². The van der Waals surface area contributed by atoms with Crippen molar-refractivity contribution in [1.82, 2.24) is 0 Å². The van der Waals surface area contributed by atoms with Crippen LogP contribution >= 0.6 is 0 Å². The molecule has 0 radical (unpaired) electrons. The van der Waals surface area contributed by atoms with Gasteiger partial charge in [-0.2, -0.15) is 0 Å². The molecule has 0 bridgehead atoms. The van der Waals surface area contributed by atoms with Crippen LogP contribution in [0.4, 0.5) is 4.39 Å². The van der Waals surface area contributed by atoms with Crippen LogP contribution in [0.1, 0.15) is 19.8 Å². The molecule has 1 fully saturated rings. The van der Waals surface area contributed by atoms with Crippen molar-refractivity contribution >= 4 is 9.84 Å². The lowest BCUT2D eigenvalue weighted by Gasteiger charge is -2.23. The standard InChI is InChI=1S/C11H13FO3S/c1-11(7-2-8-15-11)16(13,14)10-5-3-9(12)4-6-10/h3-6H,2,7-8H2,1H3. The van der Waals surface area contributed by atoms with Gasteiger partial charge < -0.3 is 4.74 Å². The zero-order chi connectivity index (χ0) is 11.8. The van der Waals surface area contributed by atoms with Gasteiger partial charge in [0.2, 0.25) is 9.84 Å². The Labute approximate surface area is 94.2 Å². The summed E-state index contributed by atoms with van der Waals surface area (Å²) in [5.74, 6) is -0.448. The predicted octanol–water partition coefficient (Wildman–Crippen LogP) is 2.13. The molecule has 88 valence electrons. The Bertz CT molecular complexity index is 472. The molecule has 1 aromatic carbocycles. The van der Waals surface area contributed by atoms with Crippen LogP contribution in [0.15, 0.2) is 29.2 Å². The highest BCUT2D eigenvalue weighted by molar-refractivity contribution is 7.92. The van der Waals surface area contributed by atoms with Crippen molar-refractivity contribution in [3.8, 4) is 0 Å². The van der Waals surface area contributed by atoms with Gasteiger partial charge in [-0.05, 0) is 44.0 Å². The molecule has 1 aromatic rings. The Kier molecular flexibility index (Phi) is 2.75. The minimum atomic E-state index is -3.54. The summed E-state index contributed by atoms with van der Waals surface area (Å²) < 4.78 is 42.5. The minimum Gasteiger partial charge on any atom is -0.359 e. The minimum absolute atomic E-state index is 0.110. The van der Waals surface area contributed by atoms with Crippen molar-refractivity contribution in [1.29, 1.82) is 0 Å². The molecular weight excluding hydrogens is 231 g/mol. The highest BCUT2D eigenvalue weighted by Crippen LogP contribution is 2.35. The van der Waals surface area contributed by atoms with Gasteiger partial charge in [0, 0.05) is 6.61 Å². The Morgan fingerprint density at radius 2 is 1.94 bits per heavy atom. The zero-order valence-electron chi connectivity index (χ0n) is 8.94. The van der Waals surface area contributed by atoms with E-state index in [0.29, 0.717) is 13.0 Å². The van der Waals surface area contributed by atoms with E-state index < -0.39 is 20.6 Å². The van der Waals surface area contributed by atoms with Crippen LogP contribution in [0.2, 0.25) is 0 Å². The second kappa shape index (κ2) is 3.82. The molecule has 0 aliphatic carbocycles. The molecule has 1 saturated heterocycles. The quantitative estimate of drug-likeness (QED) is 0.748. The molecular formula is C11H13FO3S. The summed E-state index contributed by atoms with van der Waals surface area (Å²) in [5, 5.41) is 0. The highest BCUT2D eigenvalue weighted by Gasteiger charge is 2.43. The van der Waals surface area contributed by atoms with Crippen LogP contribution in [0.3, 0.4) is 0 Å². The predicted molar refractivity (Wildman–Crippen MR) is 57.2 cm³/mol. The molecule has 0 aromatic heterocycles. The molecule has 0 amide bonds. The van der Waals surface area contributed by atoms with E-state index in [-0.39, 0.29) is 4.90 Å². The molecule has 1 aliphatic heterocycles. The summed E-state index contributed by atoms with van der Waals surface area (Å²) in [4.78, 5) is -1.05. The molecule has 0 N–H and O–H groups in total. The molecule has 3 nitrogen and oxygen atoms in total.